The van der Waals surface area contributed by atoms with E-state index in [4.69, 9.17) is 14.6 Å². The van der Waals surface area contributed by atoms with Gasteiger partial charge in [-0.05, 0) is 26.0 Å². The number of aromatic carboxylic acids is 1. The molecule has 0 unspecified atom stereocenters. The largest absolute Gasteiger partial charge is 0.493 e. The zero-order valence-electron chi connectivity index (χ0n) is 11.6. The molecule has 1 N–H and O–H groups in total. The number of carbonyl (C=O) groups is 1. The monoisotopic (exact) mass is 283 g/mol. The first kappa shape index (κ1) is 15.9. The smallest absolute Gasteiger partial charge is 0.342 e. The summed E-state index contributed by atoms with van der Waals surface area (Å²) in [5.74, 6) is -1.09. The van der Waals surface area contributed by atoms with E-state index in [-0.39, 0.29) is 16.9 Å². The minimum atomic E-state index is -1.34. The Labute approximate surface area is 116 Å². The second-order valence-corrected chi connectivity index (χ2v) is 4.80. The molecule has 0 spiro atoms. The number of nitrogens with zero attached hydrogens (tertiary/aromatic N) is 1. The number of rotatable bonds is 7. The van der Waals surface area contributed by atoms with Gasteiger partial charge in [0.05, 0.1) is 23.2 Å². The predicted molar refractivity (Wildman–Crippen MR) is 71.3 cm³/mol. The summed E-state index contributed by atoms with van der Waals surface area (Å²) in [4.78, 5) is 20.9. The lowest BCUT2D eigenvalue weighted by Crippen LogP contribution is -2.25. The van der Waals surface area contributed by atoms with E-state index in [1.165, 1.54) is 6.07 Å². The van der Waals surface area contributed by atoms with E-state index in [9.17, 15) is 14.9 Å². The van der Waals surface area contributed by atoms with Crippen LogP contribution in [-0.2, 0) is 4.74 Å². The summed E-state index contributed by atoms with van der Waals surface area (Å²) in [7, 11) is 1.59. The zero-order valence-corrected chi connectivity index (χ0v) is 11.6. The SMILES string of the molecule is COC(C)(C)CCOc1ccc(C(=O)O)c([N+](=O)[O-])c1. The van der Waals surface area contributed by atoms with Gasteiger partial charge in [-0.1, -0.05) is 0 Å². The summed E-state index contributed by atoms with van der Waals surface area (Å²) in [5, 5.41) is 19.7. The van der Waals surface area contributed by atoms with Gasteiger partial charge in [-0.25, -0.2) is 4.79 Å². The van der Waals surface area contributed by atoms with Crippen LogP contribution in [0.3, 0.4) is 0 Å². The fourth-order valence-electron chi connectivity index (χ4n) is 1.45. The van der Waals surface area contributed by atoms with Crippen molar-refractivity contribution in [1.29, 1.82) is 0 Å². The van der Waals surface area contributed by atoms with Crippen LogP contribution in [-0.4, -0.2) is 35.3 Å². The van der Waals surface area contributed by atoms with Crippen molar-refractivity contribution in [2.75, 3.05) is 13.7 Å². The van der Waals surface area contributed by atoms with Crippen LogP contribution in [0.2, 0.25) is 0 Å². The van der Waals surface area contributed by atoms with E-state index < -0.39 is 16.6 Å². The molecule has 0 atom stereocenters. The number of benzene rings is 1. The third kappa shape index (κ3) is 4.20. The second kappa shape index (κ2) is 6.33. The molecular weight excluding hydrogens is 266 g/mol. The molecule has 1 aromatic carbocycles. The van der Waals surface area contributed by atoms with Gasteiger partial charge in [-0.2, -0.15) is 0 Å². The van der Waals surface area contributed by atoms with Crippen molar-refractivity contribution < 1.29 is 24.3 Å². The van der Waals surface area contributed by atoms with E-state index >= 15 is 0 Å². The van der Waals surface area contributed by atoms with Gasteiger partial charge in [0.1, 0.15) is 11.3 Å². The number of hydrogen-bond donors (Lipinski definition) is 1. The Morgan fingerprint density at radius 3 is 2.60 bits per heavy atom. The van der Waals surface area contributed by atoms with Crippen LogP contribution in [0.15, 0.2) is 18.2 Å². The molecule has 0 saturated heterocycles. The molecule has 1 rings (SSSR count). The first-order chi connectivity index (χ1) is 9.26. The molecule has 0 amide bonds. The van der Waals surface area contributed by atoms with Crippen LogP contribution < -0.4 is 4.74 Å². The summed E-state index contributed by atoms with van der Waals surface area (Å²) in [6.45, 7) is 4.10. The van der Waals surface area contributed by atoms with E-state index in [1.807, 2.05) is 13.8 Å². The summed E-state index contributed by atoms with van der Waals surface area (Å²) >= 11 is 0. The zero-order chi connectivity index (χ0) is 15.3. The normalized spacial score (nSPS) is 11.2. The minimum absolute atomic E-state index is 0.258. The highest BCUT2D eigenvalue weighted by Gasteiger charge is 2.21. The molecule has 0 heterocycles. The lowest BCUT2D eigenvalue weighted by molar-refractivity contribution is -0.385. The molecule has 1 aromatic rings. The molecule has 7 heteroatoms. The first-order valence-electron chi connectivity index (χ1n) is 5.96. The molecule has 20 heavy (non-hydrogen) atoms. The van der Waals surface area contributed by atoms with Gasteiger partial charge in [0.25, 0.3) is 5.69 Å². The molecular formula is C13H17NO6. The van der Waals surface area contributed by atoms with Crippen LogP contribution in [0.25, 0.3) is 0 Å². The summed E-state index contributed by atoms with van der Waals surface area (Å²) in [5.41, 5.74) is -1.20. The van der Waals surface area contributed by atoms with Crippen LogP contribution in [0, 0.1) is 10.1 Å². The van der Waals surface area contributed by atoms with Crippen LogP contribution >= 0.6 is 0 Å². The lowest BCUT2D eigenvalue weighted by Gasteiger charge is -2.22. The fourth-order valence-corrected chi connectivity index (χ4v) is 1.45. The van der Waals surface area contributed by atoms with E-state index in [0.29, 0.717) is 13.0 Å². The maximum absolute atomic E-state index is 10.9. The Balaban J connectivity index is 2.81. The molecule has 0 aliphatic carbocycles. The Morgan fingerprint density at radius 2 is 2.10 bits per heavy atom. The number of ether oxygens (including phenoxy) is 2. The molecule has 7 nitrogen and oxygen atoms in total. The van der Waals surface area contributed by atoms with Crippen molar-refractivity contribution in [3.8, 4) is 5.75 Å². The van der Waals surface area contributed by atoms with E-state index in [2.05, 4.69) is 0 Å². The van der Waals surface area contributed by atoms with Crippen molar-refractivity contribution in [3.05, 3.63) is 33.9 Å². The lowest BCUT2D eigenvalue weighted by atomic mass is 10.1. The van der Waals surface area contributed by atoms with Gasteiger partial charge in [0.15, 0.2) is 0 Å². The second-order valence-electron chi connectivity index (χ2n) is 4.80. The molecule has 0 aliphatic heterocycles. The highest BCUT2D eigenvalue weighted by Crippen LogP contribution is 2.25. The average molecular weight is 283 g/mol. The van der Waals surface area contributed by atoms with E-state index in [1.54, 1.807) is 7.11 Å². The number of methoxy groups -OCH3 is 1. The van der Waals surface area contributed by atoms with Gasteiger partial charge >= 0.3 is 5.97 Å². The van der Waals surface area contributed by atoms with Crippen LogP contribution in [0.4, 0.5) is 5.69 Å². The quantitative estimate of drug-likeness (QED) is 0.609. The Bertz CT molecular complexity index is 512. The highest BCUT2D eigenvalue weighted by atomic mass is 16.6. The van der Waals surface area contributed by atoms with Crippen molar-refractivity contribution in [3.63, 3.8) is 0 Å². The molecule has 0 fully saturated rings. The fraction of sp³-hybridized carbons (Fsp3) is 0.462. The molecule has 0 saturated carbocycles. The van der Waals surface area contributed by atoms with Gasteiger partial charge in [0, 0.05) is 13.5 Å². The summed E-state index contributed by atoms with van der Waals surface area (Å²) in [6.07, 6.45) is 0.595. The molecule has 0 radical (unpaired) electrons. The molecule has 0 aromatic heterocycles. The third-order valence-electron chi connectivity index (χ3n) is 2.92. The van der Waals surface area contributed by atoms with Gasteiger partial charge in [0.2, 0.25) is 0 Å². The summed E-state index contributed by atoms with van der Waals surface area (Å²) in [6, 6.07) is 3.68. The predicted octanol–water partition coefficient (Wildman–Crippen LogP) is 2.49. The average Bonchev–Trinajstić information content (AvgIpc) is 2.38. The van der Waals surface area contributed by atoms with Gasteiger partial charge in [-0.15, -0.1) is 0 Å². The van der Waals surface area contributed by atoms with Crippen molar-refractivity contribution in [2.24, 2.45) is 0 Å². The number of hydrogen-bond acceptors (Lipinski definition) is 5. The molecule has 110 valence electrons. The van der Waals surface area contributed by atoms with Gasteiger partial charge in [-0.3, -0.25) is 10.1 Å². The maximum atomic E-state index is 10.9. The highest BCUT2D eigenvalue weighted by molar-refractivity contribution is 5.92. The van der Waals surface area contributed by atoms with Crippen LogP contribution in [0.1, 0.15) is 30.6 Å². The van der Waals surface area contributed by atoms with Gasteiger partial charge < -0.3 is 14.6 Å². The van der Waals surface area contributed by atoms with Crippen molar-refractivity contribution in [2.45, 2.75) is 25.9 Å². The Morgan fingerprint density at radius 1 is 1.45 bits per heavy atom. The minimum Gasteiger partial charge on any atom is -0.493 e. The first-order valence-corrected chi connectivity index (χ1v) is 5.96. The number of nitro groups is 1. The standard InChI is InChI=1S/C13H17NO6/c1-13(2,19-3)6-7-20-9-4-5-10(12(15)16)11(8-9)14(17)18/h4-5,8H,6-7H2,1-3H3,(H,15,16). The third-order valence-corrected chi connectivity index (χ3v) is 2.92. The topological polar surface area (TPSA) is 98.9 Å². The van der Waals surface area contributed by atoms with E-state index in [0.717, 1.165) is 12.1 Å². The van der Waals surface area contributed by atoms with Crippen molar-refractivity contribution >= 4 is 11.7 Å². The number of carboxylic acid groups (broad SMARTS) is 1. The Hall–Kier alpha value is -2.15. The van der Waals surface area contributed by atoms with Crippen LogP contribution in [0.5, 0.6) is 5.75 Å². The maximum Gasteiger partial charge on any atom is 0.342 e. The van der Waals surface area contributed by atoms with Crippen molar-refractivity contribution in [1.82, 2.24) is 0 Å². The number of nitro benzene ring substituents is 1. The molecule has 0 bridgehead atoms. The molecule has 0 aliphatic rings. The number of carboxylic acids is 1. The summed E-state index contributed by atoms with van der Waals surface area (Å²) < 4.78 is 10.6. The Kier molecular flexibility index (Phi) is 5.04.